The van der Waals surface area contributed by atoms with Gasteiger partial charge in [0.25, 0.3) is 5.56 Å². The first kappa shape index (κ1) is 17.2. The molecule has 0 radical (unpaired) electrons. The van der Waals surface area contributed by atoms with Gasteiger partial charge in [-0.2, -0.15) is 5.10 Å². The molecule has 0 bridgehead atoms. The molecule has 1 aliphatic heterocycles. The number of nitrogens with zero attached hydrogens (tertiary/aromatic N) is 2. The van der Waals surface area contributed by atoms with Crippen molar-refractivity contribution < 1.29 is 14.3 Å². The summed E-state index contributed by atoms with van der Waals surface area (Å²) in [6.07, 6.45) is 2.04. The van der Waals surface area contributed by atoms with Gasteiger partial charge in [-0.05, 0) is 43.2 Å². The molecule has 0 saturated carbocycles. The summed E-state index contributed by atoms with van der Waals surface area (Å²) in [4.78, 5) is 24.0. The van der Waals surface area contributed by atoms with Crippen LogP contribution in [0.2, 0.25) is 0 Å². The van der Waals surface area contributed by atoms with Gasteiger partial charge in [-0.15, -0.1) is 0 Å². The summed E-state index contributed by atoms with van der Waals surface area (Å²) in [5, 5.41) is 7.08. The van der Waals surface area contributed by atoms with E-state index in [1.165, 1.54) is 10.7 Å². The zero-order valence-electron chi connectivity index (χ0n) is 14.1. The molecular weight excluding hydrogens is 322 g/mol. The highest BCUT2D eigenvalue weighted by molar-refractivity contribution is 5.75. The summed E-state index contributed by atoms with van der Waals surface area (Å²) >= 11 is 0. The topological polar surface area (TPSA) is 82.5 Å². The fraction of sp³-hybridized carbons (Fsp3) is 0.389. The third-order valence-corrected chi connectivity index (χ3v) is 4.10. The van der Waals surface area contributed by atoms with Gasteiger partial charge in [0.05, 0.1) is 18.9 Å². The average molecular weight is 343 g/mol. The minimum atomic E-state index is -0.315. The number of carbonyl (C=O) groups excluding carboxylic acids is 1. The third kappa shape index (κ3) is 4.45. The minimum Gasteiger partial charge on any atom is -0.497 e. The molecule has 3 rings (SSSR count). The molecule has 0 aliphatic carbocycles. The SMILES string of the molecule is COc1ccc(-c2ccc(=O)n(CC(=O)NC[C@@H]3CCCO3)n2)cc1. The van der Waals surface area contributed by atoms with E-state index in [2.05, 4.69) is 10.4 Å². The molecule has 1 aliphatic rings. The highest BCUT2D eigenvalue weighted by Gasteiger charge is 2.16. The average Bonchev–Trinajstić information content (AvgIpc) is 3.15. The number of hydrogen-bond acceptors (Lipinski definition) is 5. The number of nitrogens with one attached hydrogen (secondary N) is 1. The van der Waals surface area contributed by atoms with Crippen LogP contribution in [0.25, 0.3) is 11.3 Å². The van der Waals surface area contributed by atoms with Gasteiger partial charge in [0.1, 0.15) is 12.3 Å². The number of rotatable bonds is 6. The predicted octanol–water partition coefficient (Wildman–Crippen LogP) is 1.21. The first-order valence-electron chi connectivity index (χ1n) is 8.26. The molecule has 25 heavy (non-hydrogen) atoms. The van der Waals surface area contributed by atoms with Gasteiger partial charge < -0.3 is 14.8 Å². The van der Waals surface area contributed by atoms with Crippen LogP contribution in [-0.4, -0.2) is 42.1 Å². The summed E-state index contributed by atoms with van der Waals surface area (Å²) in [5.41, 5.74) is 1.15. The number of ether oxygens (including phenoxy) is 2. The maximum atomic E-state index is 12.1. The monoisotopic (exact) mass is 343 g/mol. The smallest absolute Gasteiger partial charge is 0.267 e. The van der Waals surface area contributed by atoms with Crippen molar-refractivity contribution in [3.8, 4) is 17.0 Å². The van der Waals surface area contributed by atoms with Crippen LogP contribution < -0.4 is 15.6 Å². The number of carbonyl (C=O) groups is 1. The van der Waals surface area contributed by atoms with Crippen molar-refractivity contribution in [1.29, 1.82) is 0 Å². The molecule has 0 spiro atoms. The summed E-state index contributed by atoms with van der Waals surface area (Å²) < 4.78 is 11.8. The van der Waals surface area contributed by atoms with E-state index in [1.54, 1.807) is 13.2 Å². The summed E-state index contributed by atoms with van der Waals surface area (Å²) in [7, 11) is 1.60. The molecule has 7 heteroatoms. The van der Waals surface area contributed by atoms with Gasteiger partial charge in [0.2, 0.25) is 5.91 Å². The normalized spacial score (nSPS) is 16.6. The maximum absolute atomic E-state index is 12.1. The van der Waals surface area contributed by atoms with Crippen LogP contribution in [0.4, 0.5) is 0 Å². The second-order valence-electron chi connectivity index (χ2n) is 5.88. The second-order valence-corrected chi connectivity index (χ2v) is 5.88. The molecule has 132 valence electrons. The molecule has 1 N–H and O–H groups in total. The summed E-state index contributed by atoms with van der Waals surface area (Å²) in [5.74, 6) is 0.488. The molecule has 1 atom stereocenters. The van der Waals surface area contributed by atoms with Gasteiger partial charge in [0.15, 0.2) is 0 Å². The molecular formula is C18H21N3O4. The van der Waals surface area contributed by atoms with Crippen molar-refractivity contribution in [3.05, 3.63) is 46.8 Å². The quantitative estimate of drug-likeness (QED) is 0.853. The molecule has 1 saturated heterocycles. The fourth-order valence-corrected chi connectivity index (χ4v) is 2.70. The Morgan fingerprint density at radius 1 is 1.32 bits per heavy atom. The van der Waals surface area contributed by atoms with Crippen LogP contribution in [-0.2, 0) is 16.1 Å². The Labute approximate surface area is 145 Å². The first-order valence-corrected chi connectivity index (χ1v) is 8.26. The van der Waals surface area contributed by atoms with E-state index in [-0.39, 0.29) is 24.1 Å². The Balaban J connectivity index is 1.68. The van der Waals surface area contributed by atoms with Gasteiger partial charge in [-0.25, -0.2) is 4.68 Å². The van der Waals surface area contributed by atoms with Crippen molar-refractivity contribution in [2.75, 3.05) is 20.3 Å². The Hall–Kier alpha value is -2.67. The van der Waals surface area contributed by atoms with Gasteiger partial charge in [-0.3, -0.25) is 9.59 Å². The molecule has 7 nitrogen and oxygen atoms in total. The van der Waals surface area contributed by atoms with E-state index >= 15 is 0 Å². The van der Waals surface area contributed by atoms with E-state index in [1.807, 2.05) is 24.3 Å². The Morgan fingerprint density at radius 2 is 2.12 bits per heavy atom. The van der Waals surface area contributed by atoms with Crippen LogP contribution in [0.3, 0.4) is 0 Å². The van der Waals surface area contributed by atoms with Crippen molar-refractivity contribution in [2.24, 2.45) is 0 Å². The molecule has 1 fully saturated rings. The number of aromatic nitrogens is 2. The lowest BCUT2D eigenvalue weighted by Crippen LogP contribution is -2.37. The lowest BCUT2D eigenvalue weighted by molar-refractivity contribution is -0.122. The number of benzene rings is 1. The summed E-state index contributed by atoms with van der Waals surface area (Å²) in [6, 6.07) is 10.4. The van der Waals surface area contributed by atoms with E-state index in [0.717, 1.165) is 30.8 Å². The molecule has 2 aromatic rings. The van der Waals surface area contributed by atoms with Crippen LogP contribution in [0.15, 0.2) is 41.2 Å². The Bertz CT molecular complexity index is 780. The van der Waals surface area contributed by atoms with Crippen LogP contribution in [0.1, 0.15) is 12.8 Å². The largest absolute Gasteiger partial charge is 0.497 e. The number of hydrogen-bond donors (Lipinski definition) is 1. The molecule has 0 unspecified atom stereocenters. The zero-order chi connectivity index (χ0) is 17.6. The van der Waals surface area contributed by atoms with Gasteiger partial charge in [-0.1, -0.05) is 0 Å². The first-order chi connectivity index (χ1) is 12.2. The Kier molecular flexibility index (Phi) is 5.45. The zero-order valence-corrected chi connectivity index (χ0v) is 14.1. The van der Waals surface area contributed by atoms with Crippen LogP contribution in [0, 0.1) is 0 Å². The Morgan fingerprint density at radius 3 is 2.80 bits per heavy atom. The molecule has 1 aromatic heterocycles. The summed E-state index contributed by atoms with van der Waals surface area (Å²) in [6.45, 7) is 1.09. The number of methoxy groups -OCH3 is 1. The standard InChI is InChI=1S/C18H21N3O4/c1-24-14-6-4-13(5-7-14)16-8-9-18(23)21(20-16)12-17(22)19-11-15-3-2-10-25-15/h4-9,15H,2-3,10-12H2,1H3,(H,19,22)/t15-/m0/s1. The molecule has 1 amide bonds. The third-order valence-electron chi connectivity index (χ3n) is 4.10. The van der Waals surface area contributed by atoms with Crippen molar-refractivity contribution >= 4 is 5.91 Å². The molecule has 1 aromatic carbocycles. The second kappa shape index (κ2) is 7.94. The maximum Gasteiger partial charge on any atom is 0.267 e. The highest BCUT2D eigenvalue weighted by atomic mass is 16.5. The van der Waals surface area contributed by atoms with Crippen molar-refractivity contribution in [1.82, 2.24) is 15.1 Å². The van der Waals surface area contributed by atoms with E-state index in [9.17, 15) is 9.59 Å². The van der Waals surface area contributed by atoms with E-state index < -0.39 is 0 Å². The van der Waals surface area contributed by atoms with Crippen molar-refractivity contribution in [2.45, 2.75) is 25.5 Å². The van der Waals surface area contributed by atoms with Gasteiger partial charge >= 0.3 is 0 Å². The number of amides is 1. The molecule has 2 heterocycles. The predicted molar refractivity (Wildman–Crippen MR) is 92.5 cm³/mol. The van der Waals surface area contributed by atoms with E-state index in [4.69, 9.17) is 9.47 Å². The lowest BCUT2D eigenvalue weighted by Gasteiger charge is -2.11. The van der Waals surface area contributed by atoms with Gasteiger partial charge in [0, 0.05) is 24.8 Å². The lowest BCUT2D eigenvalue weighted by atomic mass is 10.1. The van der Waals surface area contributed by atoms with Crippen molar-refractivity contribution in [3.63, 3.8) is 0 Å². The minimum absolute atomic E-state index is 0.0688. The van der Waals surface area contributed by atoms with E-state index in [0.29, 0.717) is 12.2 Å². The highest BCUT2D eigenvalue weighted by Crippen LogP contribution is 2.19. The van der Waals surface area contributed by atoms with Crippen LogP contribution in [0.5, 0.6) is 5.75 Å². The fourth-order valence-electron chi connectivity index (χ4n) is 2.70. The van der Waals surface area contributed by atoms with Crippen LogP contribution >= 0.6 is 0 Å².